The third kappa shape index (κ3) is 3.15. The fourth-order valence-electron chi connectivity index (χ4n) is 4.31. The number of benzene rings is 1. The number of piperidine rings is 1. The van der Waals surface area contributed by atoms with Gasteiger partial charge in [0.1, 0.15) is 0 Å². The summed E-state index contributed by atoms with van der Waals surface area (Å²) in [5.41, 5.74) is 3.92. The van der Waals surface area contributed by atoms with Crippen LogP contribution in [0.4, 0.5) is 0 Å². The van der Waals surface area contributed by atoms with Gasteiger partial charge in [0, 0.05) is 36.8 Å². The second-order valence-electron chi connectivity index (χ2n) is 7.45. The molecule has 2 aliphatic heterocycles. The molecule has 4 nitrogen and oxygen atoms in total. The summed E-state index contributed by atoms with van der Waals surface area (Å²) < 4.78 is 0. The Hall–Kier alpha value is -1.94. The molecule has 2 aliphatic rings. The third-order valence-corrected chi connectivity index (χ3v) is 5.76. The highest BCUT2D eigenvalue weighted by atomic mass is 16.2. The first-order chi connectivity index (χ1) is 12.2. The van der Waals surface area contributed by atoms with Crippen LogP contribution >= 0.6 is 0 Å². The summed E-state index contributed by atoms with van der Waals surface area (Å²) in [6.07, 6.45) is 4.79. The van der Waals surface area contributed by atoms with E-state index in [0.717, 1.165) is 48.2 Å². The highest BCUT2D eigenvalue weighted by Gasteiger charge is 2.31. The first-order valence-corrected chi connectivity index (χ1v) is 9.59. The molecule has 0 N–H and O–H groups in total. The highest BCUT2D eigenvalue weighted by molar-refractivity contribution is 6.06. The maximum atomic E-state index is 13.3. The molecule has 2 saturated heterocycles. The van der Waals surface area contributed by atoms with Crippen LogP contribution in [0, 0.1) is 6.92 Å². The fraction of sp³-hybridized carbons (Fsp3) is 0.524. The van der Waals surface area contributed by atoms with Crippen molar-refractivity contribution in [2.24, 2.45) is 0 Å². The molecule has 132 valence electrons. The average molecular weight is 337 g/mol. The zero-order valence-electron chi connectivity index (χ0n) is 15.3. The number of piperazine rings is 1. The molecule has 0 unspecified atom stereocenters. The van der Waals surface area contributed by atoms with Crippen molar-refractivity contribution in [3.8, 4) is 0 Å². The lowest BCUT2D eigenvalue weighted by Gasteiger charge is -2.44. The van der Waals surface area contributed by atoms with Crippen LogP contribution in [0.3, 0.4) is 0 Å². The normalized spacial score (nSPS) is 21.4. The topological polar surface area (TPSA) is 36.4 Å². The Balaban J connectivity index is 1.67. The molecule has 1 atom stereocenters. The number of pyridine rings is 1. The molecule has 0 bridgehead atoms. The maximum absolute atomic E-state index is 13.3. The standard InChI is InChI=1S/C21H27N3O/c1-3-16-7-8-20-18(13-16)19(12-15(2)22-20)21(25)24-11-10-23-9-5-4-6-17(23)14-24/h7-8,12-13,17H,3-6,9-11,14H2,1-2H3/t17-/m1/s1. The Labute approximate surface area is 149 Å². The summed E-state index contributed by atoms with van der Waals surface area (Å²) in [6, 6.07) is 8.83. The van der Waals surface area contributed by atoms with Crippen molar-refractivity contribution in [2.45, 2.75) is 45.6 Å². The zero-order valence-corrected chi connectivity index (χ0v) is 15.3. The number of hydrogen-bond acceptors (Lipinski definition) is 3. The minimum absolute atomic E-state index is 0.175. The van der Waals surface area contributed by atoms with E-state index in [1.165, 1.54) is 31.4 Å². The third-order valence-electron chi connectivity index (χ3n) is 5.76. The first-order valence-electron chi connectivity index (χ1n) is 9.59. The van der Waals surface area contributed by atoms with E-state index in [2.05, 4.69) is 39.9 Å². The average Bonchev–Trinajstić information content (AvgIpc) is 2.66. The van der Waals surface area contributed by atoms with E-state index in [1.54, 1.807) is 0 Å². The molecule has 3 heterocycles. The molecule has 1 aromatic carbocycles. The molecule has 0 aliphatic carbocycles. The summed E-state index contributed by atoms with van der Waals surface area (Å²) in [4.78, 5) is 22.6. The van der Waals surface area contributed by atoms with Crippen LogP contribution < -0.4 is 0 Å². The van der Waals surface area contributed by atoms with Crippen LogP contribution in [-0.4, -0.2) is 52.9 Å². The molecule has 0 saturated carbocycles. The van der Waals surface area contributed by atoms with Crippen LogP contribution in [0.1, 0.15) is 47.8 Å². The van der Waals surface area contributed by atoms with Crippen LogP contribution in [0.25, 0.3) is 10.9 Å². The van der Waals surface area contributed by atoms with Gasteiger partial charge in [0.05, 0.1) is 11.1 Å². The number of aromatic nitrogens is 1. The summed E-state index contributed by atoms with van der Waals surface area (Å²) >= 11 is 0. The van der Waals surface area contributed by atoms with Gasteiger partial charge in [-0.25, -0.2) is 0 Å². The fourth-order valence-corrected chi connectivity index (χ4v) is 4.31. The van der Waals surface area contributed by atoms with Crippen molar-refractivity contribution in [1.29, 1.82) is 0 Å². The van der Waals surface area contributed by atoms with Crippen molar-refractivity contribution in [2.75, 3.05) is 26.2 Å². The van der Waals surface area contributed by atoms with Gasteiger partial charge in [0.25, 0.3) is 5.91 Å². The summed E-state index contributed by atoms with van der Waals surface area (Å²) in [7, 11) is 0. The number of fused-ring (bicyclic) bond motifs is 2. The largest absolute Gasteiger partial charge is 0.336 e. The van der Waals surface area contributed by atoms with Gasteiger partial charge in [0.15, 0.2) is 0 Å². The van der Waals surface area contributed by atoms with Crippen molar-refractivity contribution >= 4 is 16.8 Å². The number of aryl methyl sites for hydroxylation is 2. The van der Waals surface area contributed by atoms with Crippen LogP contribution in [0.5, 0.6) is 0 Å². The van der Waals surface area contributed by atoms with Crippen molar-refractivity contribution in [3.63, 3.8) is 0 Å². The van der Waals surface area contributed by atoms with Gasteiger partial charge >= 0.3 is 0 Å². The van der Waals surface area contributed by atoms with E-state index in [-0.39, 0.29) is 5.91 Å². The quantitative estimate of drug-likeness (QED) is 0.842. The molecule has 2 aromatic rings. The zero-order chi connectivity index (χ0) is 17.4. The van der Waals surface area contributed by atoms with Crippen LogP contribution in [0.15, 0.2) is 24.3 Å². The summed E-state index contributed by atoms with van der Waals surface area (Å²) in [6.45, 7) is 8.04. The van der Waals surface area contributed by atoms with Gasteiger partial charge in [0.2, 0.25) is 0 Å². The van der Waals surface area contributed by atoms with Gasteiger partial charge in [-0.05, 0) is 56.5 Å². The summed E-state index contributed by atoms with van der Waals surface area (Å²) in [5.74, 6) is 0.175. The molecule has 0 spiro atoms. The van der Waals surface area contributed by atoms with Crippen molar-refractivity contribution < 1.29 is 4.79 Å². The number of nitrogens with zero attached hydrogens (tertiary/aromatic N) is 3. The molecular weight excluding hydrogens is 310 g/mol. The minimum Gasteiger partial charge on any atom is -0.336 e. The number of hydrogen-bond donors (Lipinski definition) is 0. The Bertz CT molecular complexity index is 801. The molecule has 4 rings (SSSR count). The molecule has 4 heteroatoms. The Morgan fingerprint density at radius 1 is 1.20 bits per heavy atom. The lowest BCUT2D eigenvalue weighted by atomic mass is 9.98. The first kappa shape index (κ1) is 16.5. The van der Waals surface area contributed by atoms with Crippen LogP contribution in [-0.2, 0) is 6.42 Å². The highest BCUT2D eigenvalue weighted by Crippen LogP contribution is 2.25. The van der Waals surface area contributed by atoms with Gasteiger partial charge in [-0.2, -0.15) is 0 Å². The second-order valence-corrected chi connectivity index (χ2v) is 7.45. The monoisotopic (exact) mass is 337 g/mol. The predicted octanol–water partition coefficient (Wildman–Crippen LogP) is 3.42. The Kier molecular flexibility index (Phi) is 4.46. The molecule has 2 fully saturated rings. The van der Waals surface area contributed by atoms with E-state index < -0.39 is 0 Å². The number of rotatable bonds is 2. The Morgan fingerprint density at radius 3 is 2.92 bits per heavy atom. The van der Waals surface area contributed by atoms with Gasteiger partial charge in [-0.15, -0.1) is 0 Å². The lowest BCUT2D eigenvalue weighted by Crippen LogP contribution is -2.56. The maximum Gasteiger partial charge on any atom is 0.254 e. The molecule has 25 heavy (non-hydrogen) atoms. The SMILES string of the molecule is CCc1ccc2nc(C)cc(C(=O)N3CCN4CCCC[C@@H]4C3)c2c1. The summed E-state index contributed by atoms with van der Waals surface area (Å²) in [5, 5.41) is 1.00. The van der Waals surface area contributed by atoms with Crippen molar-refractivity contribution in [3.05, 3.63) is 41.1 Å². The van der Waals surface area contributed by atoms with E-state index in [9.17, 15) is 4.79 Å². The van der Waals surface area contributed by atoms with Gasteiger partial charge < -0.3 is 4.90 Å². The predicted molar refractivity (Wildman–Crippen MR) is 101 cm³/mol. The molecule has 1 amide bonds. The minimum atomic E-state index is 0.175. The van der Waals surface area contributed by atoms with Gasteiger partial charge in [-0.1, -0.05) is 19.4 Å². The molecular formula is C21H27N3O. The van der Waals surface area contributed by atoms with E-state index >= 15 is 0 Å². The molecule has 0 radical (unpaired) electrons. The lowest BCUT2D eigenvalue weighted by molar-refractivity contribution is 0.0374. The van der Waals surface area contributed by atoms with E-state index in [0.29, 0.717) is 6.04 Å². The van der Waals surface area contributed by atoms with E-state index in [4.69, 9.17) is 0 Å². The number of carbonyl (C=O) groups excluding carboxylic acids is 1. The van der Waals surface area contributed by atoms with Crippen molar-refractivity contribution in [1.82, 2.24) is 14.8 Å². The van der Waals surface area contributed by atoms with E-state index in [1.807, 2.05) is 13.0 Å². The smallest absolute Gasteiger partial charge is 0.254 e. The van der Waals surface area contributed by atoms with Crippen LogP contribution in [0.2, 0.25) is 0 Å². The number of amides is 1. The molecule has 1 aromatic heterocycles. The van der Waals surface area contributed by atoms with Gasteiger partial charge in [-0.3, -0.25) is 14.7 Å². The second kappa shape index (κ2) is 6.75. The number of carbonyl (C=O) groups is 1. The Morgan fingerprint density at radius 2 is 2.08 bits per heavy atom.